The Morgan fingerprint density at radius 1 is 1.56 bits per heavy atom. The van der Waals surface area contributed by atoms with Crippen LogP contribution in [-0.4, -0.2) is 28.9 Å². The maximum Gasteiger partial charge on any atom is 0.232 e. The number of amides is 1. The molecule has 0 atom stereocenters. The second kappa shape index (κ2) is 6.30. The summed E-state index contributed by atoms with van der Waals surface area (Å²) in [6, 6.07) is 2.10. The summed E-state index contributed by atoms with van der Waals surface area (Å²) in [5.74, 6) is 0.796. The molecule has 0 unspecified atom stereocenters. The van der Waals surface area contributed by atoms with Crippen LogP contribution in [0.15, 0.2) is 11.4 Å². The number of carbonyl (C=O) groups excluding carboxylic acids is 1. The Hall–Kier alpha value is -0.480. The molecule has 1 heterocycles. The van der Waals surface area contributed by atoms with Crippen molar-refractivity contribution in [1.82, 2.24) is 4.90 Å². The predicted molar refractivity (Wildman–Crippen MR) is 73.1 cm³/mol. The number of thiophene rings is 1. The van der Waals surface area contributed by atoms with Crippen LogP contribution in [0.3, 0.4) is 0 Å². The van der Waals surface area contributed by atoms with Crippen LogP contribution in [-0.2, 0) is 11.3 Å². The molecule has 1 rings (SSSR count). The summed E-state index contributed by atoms with van der Waals surface area (Å²) in [6.45, 7) is 7.05. The Bertz CT molecular complexity index is 347. The van der Waals surface area contributed by atoms with E-state index < -0.39 is 0 Å². The normalized spacial score (nSPS) is 10.8. The zero-order chi connectivity index (χ0) is 12.1. The summed E-state index contributed by atoms with van der Waals surface area (Å²) in [6.07, 6.45) is 0. The van der Waals surface area contributed by atoms with Crippen molar-refractivity contribution in [3.63, 3.8) is 0 Å². The number of hydrogen-bond donors (Lipinski definition) is 0. The van der Waals surface area contributed by atoms with Crippen molar-refractivity contribution in [1.29, 1.82) is 0 Å². The lowest BCUT2D eigenvalue weighted by molar-refractivity contribution is -0.127. The van der Waals surface area contributed by atoms with Gasteiger partial charge in [-0.05, 0) is 29.2 Å². The van der Waals surface area contributed by atoms with Gasteiger partial charge in [0.2, 0.25) is 5.91 Å². The van der Waals surface area contributed by atoms with Crippen LogP contribution in [0.5, 0.6) is 0 Å². The predicted octanol–water partition coefficient (Wildman–Crippen LogP) is 3.16. The largest absolute Gasteiger partial charge is 0.340 e. The van der Waals surface area contributed by atoms with E-state index in [2.05, 4.69) is 32.2 Å². The molecule has 0 radical (unpaired) electrons. The van der Waals surface area contributed by atoms with Crippen LogP contribution in [0.25, 0.3) is 0 Å². The van der Waals surface area contributed by atoms with E-state index in [1.165, 1.54) is 10.4 Å². The monoisotopic (exact) mass is 257 g/mol. The minimum Gasteiger partial charge on any atom is -0.340 e. The highest BCUT2D eigenvalue weighted by atomic mass is 32.2. The topological polar surface area (TPSA) is 20.3 Å². The molecule has 0 fully saturated rings. The van der Waals surface area contributed by atoms with Gasteiger partial charge in [0.1, 0.15) is 0 Å². The minimum atomic E-state index is 0.214. The third kappa shape index (κ3) is 4.18. The summed E-state index contributed by atoms with van der Waals surface area (Å²) in [5, 5.41) is 2.59. The first-order valence-electron chi connectivity index (χ1n) is 5.39. The molecular formula is C12H19NOS2. The third-order valence-corrected chi connectivity index (χ3v) is 4.40. The summed E-state index contributed by atoms with van der Waals surface area (Å²) < 4.78 is 0. The van der Waals surface area contributed by atoms with Crippen LogP contribution in [0.1, 0.15) is 24.3 Å². The van der Waals surface area contributed by atoms with E-state index >= 15 is 0 Å². The fourth-order valence-electron chi connectivity index (χ4n) is 1.22. The SMILES string of the molecule is Cc1ccsc1CN(C)C(=O)CSC(C)C. The van der Waals surface area contributed by atoms with E-state index in [1.54, 1.807) is 23.1 Å². The molecule has 16 heavy (non-hydrogen) atoms. The lowest BCUT2D eigenvalue weighted by Crippen LogP contribution is -2.28. The maximum atomic E-state index is 11.8. The highest BCUT2D eigenvalue weighted by Crippen LogP contribution is 2.18. The van der Waals surface area contributed by atoms with E-state index in [0.29, 0.717) is 11.0 Å². The highest BCUT2D eigenvalue weighted by Gasteiger charge is 2.11. The molecule has 1 amide bonds. The molecule has 0 aromatic carbocycles. The van der Waals surface area contributed by atoms with Crippen molar-refractivity contribution in [2.75, 3.05) is 12.8 Å². The van der Waals surface area contributed by atoms with Gasteiger partial charge in [0.25, 0.3) is 0 Å². The molecule has 0 N–H and O–H groups in total. The first-order valence-corrected chi connectivity index (χ1v) is 7.32. The first kappa shape index (κ1) is 13.6. The van der Waals surface area contributed by atoms with Crippen molar-refractivity contribution < 1.29 is 4.79 Å². The quantitative estimate of drug-likeness (QED) is 0.807. The van der Waals surface area contributed by atoms with Gasteiger partial charge in [0.15, 0.2) is 0 Å². The average molecular weight is 257 g/mol. The number of aryl methyl sites for hydroxylation is 1. The van der Waals surface area contributed by atoms with Crippen LogP contribution >= 0.6 is 23.1 Å². The Morgan fingerprint density at radius 3 is 2.75 bits per heavy atom. The van der Waals surface area contributed by atoms with E-state index in [4.69, 9.17) is 0 Å². The summed E-state index contributed by atoms with van der Waals surface area (Å²) >= 11 is 3.42. The fourth-order valence-corrected chi connectivity index (χ4v) is 2.87. The molecule has 4 heteroatoms. The van der Waals surface area contributed by atoms with Crippen molar-refractivity contribution in [2.45, 2.75) is 32.6 Å². The molecule has 90 valence electrons. The second-order valence-corrected chi connectivity index (χ2v) is 6.70. The van der Waals surface area contributed by atoms with Crippen molar-refractivity contribution >= 4 is 29.0 Å². The zero-order valence-electron chi connectivity index (χ0n) is 10.3. The number of rotatable bonds is 5. The van der Waals surface area contributed by atoms with E-state index in [9.17, 15) is 4.79 Å². The molecular weight excluding hydrogens is 238 g/mol. The smallest absolute Gasteiger partial charge is 0.232 e. The molecule has 2 nitrogen and oxygen atoms in total. The average Bonchev–Trinajstić information content (AvgIpc) is 2.60. The van der Waals surface area contributed by atoms with Gasteiger partial charge in [-0.25, -0.2) is 0 Å². The van der Waals surface area contributed by atoms with Gasteiger partial charge in [-0.15, -0.1) is 23.1 Å². The number of hydrogen-bond acceptors (Lipinski definition) is 3. The van der Waals surface area contributed by atoms with Gasteiger partial charge in [-0.1, -0.05) is 13.8 Å². The molecule has 0 saturated heterocycles. The Kier molecular flexibility index (Phi) is 5.35. The molecule has 0 aliphatic carbocycles. The minimum absolute atomic E-state index is 0.214. The Balaban J connectivity index is 2.43. The number of thioether (sulfide) groups is 1. The van der Waals surface area contributed by atoms with Gasteiger partial charge in [0.05, 0.1) is 12.3 Å². The summed E-state index contributed by atoms with van der Waals surface area (Å²) in [4.78, 5) is 14.9. The number of carbonyl (C=O) groups is 1. The zero-order valence-corrected chi connectivity index (χ0v) is 12.0. The lowest BCUT2D eigenvalue weighted by atomic mass is 10.3. The molecule has 0 saturated carbocycles. The summed E-state index contributed by atoms with van der Waals surface area (Å²) in [7, 11) is 1.88. The standard InChI is InChI=1S/C12H19NOS2/c1-9(2)16-8-12(14)13(4)7-11-10(3)5-6-15-11/h5-6,9H,7-8H2,1-4H3. The Morgan fingerprint density at radius 2 is 2.25 bits per heavy atom. The van der Waals surface area contributed by atoms with Crippen LogP contribution in [0.4, 0.5) is 0 Å². The van der Waals surface area contributed by atoms with Gasteiger partial charge >= 0.3 is 0 Å². The van der Waals surface area contributed by atoms with Gasteiger partial charge in [-0.3, -0.25) is 4.79 Å². The molecule has 1 aromatic heterocycles. The number of nitrogens with zero attached hydrogens (tertiary/aromatic N) is 1. The van der Waals surface area contributed by atoms with E-state index in [-0.39, 0.29) is 5.91 Å². The fraction of sp³-hybridized carbons (Fsp3) is 0.583. The third-order valence-electron chi connectivity index (χ3n) is 2.31. The van der Waals surface area contributed by atoms with Gasteiger partial charge in [0, 0.05) is 11.9 Å². The van der Waals surface area contributed by atoms with Crippen LogP contribution < -0.4 is 0 Å². The maximum absolute atomic E-state index is 11.8. The van der Waals surface area contributed by atoms with E-state index in [1.807, 2.05) is 11.9 Å². The van der Waals surface area contributed by atoms with Crippen LogP contribution in [0.2, 0.25) is 0 Å². The van der Waals surface area contributed by atoms with Gasteiger partial charge < -0.3 is 4.90 Å². The highest BCUT2D eigenvalue weighted by molar-refractivity contribution is 8.00. The first-order chi connectivity index (χ1) is 7.50. The molecule has 0 spiro atoms. The van der Waals surface area contributed by atoms with Crippen molar-refractivity contribution in [3.05, 3.63) is 21.9 Å². The van der Waals surface area contributed by atoms with Gasteiger partial charge in [-0.2, -0.15) is 0 Å². The van der Waals surface area contributed by atoms with Crippen molar-refractivity contribution in [2.24, 2.45) is 0 Å². The second-order valence-electron chi connectivity index (χ2n) is 4.14. The molecule has 1 aromatic rings. The molecule has 0 bridgehead atoms. The summed E-state index contributed by atoms with van der Waals surface area (Å²) in [5.41, 5.74) is 1.28. The van der Waals surface area contributed by atoms with E-state index in [0.717, 1.165) is 6.54 Å². The van der Waals surface area contributed by atoms with Crippen molar-refractivity contribution in [3.8, 4) is 0 Å². The molecule has 0 aliphatic rings. The Labute approximate surface area is 106 Å². The van der Waals surface area contributed by atoms with Crippen LogP contribution in [0, 0.1) is 6.92 Å². The molecule has 0 aliphatic heterocycles. The lowest BCUT2D eigenvalue weighted by Gasteiger charge is -2.17.